The van der Waals surface area contributed by atoms with Gasteiger partial charge in [-0.1, -0.05) is 36.4 Å². The first-order valence-electron chi connectivity index (χ1n) is 7.64. The minimum absolute atomic E-state index is 0.0915. The molecule has 3 nitrogen and oxygen atoms in total. The Morgan fingerprint density at radius 1 is 1.08 bits per heavy atom. The molecule has 2 heterocycles. The Labute approximate surface area is 137 Å². The predicted molar refractivity (Wildman–Crippen MR) is 88.5 cm³/mol. The molecule has 0 unspecified atom stereocenters. The second-order valence-electron chi connectivity index (χ2n) is 5.79. The quantitative estimate of drug-likeness (QED) is 0.760. The molecule has 1 aromatic heterocycles. The third-order valence-electron chi connectivity index (χ3n) is 4.27. The number of benzene rings is 2. The summed E-state index contributed by atoms with van der Waals surface area (Å²) in [6.07, 6.45) is 2.01. The van der Waals surface area contributed by atoms with Gasteiger partial charge >= 0.3 is 0 Å². The fourth-order valence-electron chi connectivity index (χ4n) is 3.00. The summed E-state index contributed by atoms with van der Waals surface area (Å²) in [4.78, 5) is 17.2. The number of nitrogens with one attached hydrogen (secondary N) is 1. The lowest BCUT2D eigenvalue weighted by atomic mass is 10.1. The van der Waals surface area contributed by atoms with Crippen LogP contribution in [0.3, 0.4) is 0 Å². The zero-order valence-corrected chi connectivity index (χ0v) is 12.7. The van der Waals surface area contributed by atoms with Gasteiger partial charge in [0, 0.05) is 24.0 Å². The molecule has 4 rings (SSSR count). The number of aromatic nitrogens is 1. The molecule has 24 heavy (non-hydrogen) atoms. The molecule has 0 radical (unpaired) electrons. The molecule has 0 bridgehead atoms. The van der Waals surface area contributed by atoms with Crippen LogP contribution < -0.4 is 0 Å². The first-order chi connectivity index (χ1) is 11.6. The van der Waals surface area contributed by atoms with Crippen molar-refractivity contribution in [1.82, 2.24) is 9.88 Å². The van der Waals surface area contributed by atoms with E-state index in [0.29, 0.717) is 18.6 Å². The highest BCUT2D eigenvalue weighted by atomic mass is 19.2. The first kappa shape index (κ1) is 14.6. The molecule has 0 fully saturated rings. The molecule has 0 saturated carbocycles. The number of halogens is 2. The average molecular weight is 324 g/mol. The number of amides is 1. The summed E-state index contributed by atoms with van der Waals surface area (Å²) in [5, 5.41) is 0.0915. The van der Waals surface area contributed by atoms with Crippen molar-refractivity contribution < 1.29 is 13.6 Å². The molecule has 1 amide bonds. The number of H-pyrrole nitrogens is 1. The summed E-state index contributed by atoms with van der Waals surface area (Å²) in [6.45, 7) is 0.990. The maximum Gasteiger partial charge on any atom is 0.270 e. The molecule has 120 valence electrons. The van der Waals surface area contributed by atoms with Crippen molar-refractivity contribution >= 4 is 22.4 Å². The number of nitrogens with zero attached hydrogens (tertiary/aromatic N) is 1. The number of rotatable bonds is 2. The van der Waals surface area contributed by atoms with Gasteiger partial charge in [-0.05, 0) is 29.3 Å². The van der Waals surface area contributed by atoms with Gasteiger partial charge < -0.3 is 9.88 Å². The van der Waals surface area contributed by atoms with E-state index in [1.54, 1.807) is 4.90 Å². The van der Waals surface area contributed by atoms with Gasteiger partial charge in [-0.3, -0.25) is 4.79 Å². The topological polar surface area (TPSA) is 36.1 Å². The van der Waals surface area contributed by atoms with Crippen LogP contribution in [0, 0.1) is 11.6 Å². The molecule has 5 heteroatoms. The van der Waals surface area contributed by atoms with Gasteiger partial charge in [-0.25, -0.2) is 8.78 Å². The standard InChI is InChI=1S/C19H14F2N2O/c20-15-6-7-16-14(18(15)21)10-17(22-16)19(24)23-9-8-13(11-23)12-4-2-1-3-5-12/h1-8,10,22H,9,11H2. The van der Waals surface area contributed by atoms with Gasteiger partial charge in [0.05, 0.1) is 0 Å². The lowest BCUT2D eigenvalue weighted by molar-refractivity contribution is 0.0796. The Kier molecular flexibility index (Phi) is 3.41. The molecule has 1 aliphatic rings. The largest absolute Gasteiger partial charge is 0.350 e. The number of aromatic amines is 1. The second kappa shape index (κ2) is 5.60. The second-order valence-corrected chi connectivity index (χ2v) is 5.79. The zero-order valence-electron chi connectivity index (χ0n) is 12.7. The Morgan fingerprint density at radius 2 is 1.88 bits per heavy atom. The predicted octanol–water partition coefficient (Wildman–Crippen LogP) is 3.99. The molecule has 0 spiro atoms. The van der Waals surface area contributed by atoms with Gasteiger partial charge in [-0.15, -0.1) is 0 Å². The van der Waals surface area contributed by atoms with Gasteiger partial charge in [0.1, 0.15) is 5.69 Å². The molecule has 1 N–H and O–H groups in total. The summed E-state index contributed by atoms with van der Waals surface area (Å²) in [6, 6.07) is 13.7. The molecular formula is C19H14F2N2O. The number of fused-ring (bicyclic) bond motifs is 1. The van der Waals surface area contributed by atoms with Crippen molar-refractivity contribution in [3.8, 4) is 0 Å². The lowest BCUT2D eigenvalue weighted by Gasteiger charge is -2.15. The number of carbonyl (C=O) groups is 1. The fourth-order valence-corrected chi connectivity index (χ4v) is 3.00. The fraction of sp³-hybridized carbons (Fsp3) is 0.105. The molecule has 0 atom stereocenters. The van der Waals surface area contributed by atoms with Crippen LogP contribution >= 0.6 is 0 Å². The summed E-state index contributed by atoms with van der Waals surface area (Å²) < 4.78 is 27.1. The molecule has 0 saturated heterocycles. The first-order valence-corrected chi connectivity index (χ1v) is 7.64. The highest BCUT2D eigenvalue weighted by molar-refractivity contribution is 5.99. The van der Waals surface area contributed by atoms with Crippen molar-refractivity contribution in [3.63, 3.8) is 0 Å². The maximum atomic E-state index is 13.8. The van der Waals surface area contributed by atoms with Gasteiger partial charge in [-0.2, -0.15) is 0 Å². The third-order valence-corrected chi connectivity index (χ3v) is 4.27. The Morgan fingerprint density at radius 3 is 2.67 bits per heavy atom. The van der Waals surface area contributed by atoms with Crippen LogP contribution in [0.5, 0.6) is 0 Å². The van der Waals surface area contributed by atoms with Crippen molar-refractivity contribution in [2.24, 2.45) is 0 Å². The van der Waals surface area contributed by atoms with Gasteiger partial charge in [0.25, 0.3) is 5.91 Å². The van der Waals surface area contributed by atoms with E-state index in [9.17, 15) is 13.6 Å². The van der Waals surface area contributed by atoms with E-state index in [4.69, 9.17) is 0 Å². The van der Waals surface area contributed by atoms with Crippen LogP contribution in [-0.4, -0.2) is 28.9 Å². The van der Waals surface area contributed by atoms with Crippen molar-refractivity contribution in [2.75, 3.05) is 13.1 Å². The van der Waals surface area contributed by atoms with E-state index in [1.807, 2.05) is 36.4 Å². The van der Waals surface area contributed by atoms with E-state index < -0.39 is 11.6 Å². The zero-order chi connectivity index (χ0) is 16.7. The van der Waals surface area contributed by atoms with Gasteiger partial charge in [0.2, 0.25) is 0 Å². The van der Waals surface area contributed by atoms with E-state index in [0.717, 1.165) is 17.2 Å². The molecular weight excluding hydrogens is 310 g/mol. The van der Waals surface area contributed by atoms with Crippen molar-refractivity contribution in [3.05, 3.63) is 77.5 Å². The Bertz CT molecular complexity index is 960. The van der Waals surface area contributed by atoms with E-state index in [-0.39, 0.29) is 17.0 Å². The Balaban J connectivity index is 1.58. The average Bonchev–Trinajstić information content (AvgIpc) is 3.26. The monoisotopic (exact) mass is 324 g/mol. The van der Waals surface area contributed by atoms with Crippen LogP contribution in [0.25, 0.3) is 16.5 Å². The third kappa shape index (κ3) is 2.38. The normalized spacial score (nSPS) is 14.2. The Hall–Kier alpha value is -2.95. The van der Waals surface area contributed by atoms with Crippen LogP contribution in [-0.2, 0) is 0 Å². The van der Waals surface area contributed by atoms with E-state index >= 15 is 0 Å². The van der Waals surface area contributed by atoms with E-state index in [2.05, 4.69) is 4.98 Å². The van der Waals surface area contributed by atoms with E-state index in [1.165, 1.54) is 12.1 Å². The minimum atomic E-state index is -0.938. The van der Waals surface area contributed by atoms with Crippen molar-refractivity contribution in [1.29, 1.82) is 0 Å². The summed E-state index contributed by atoms with van der Waals surface area (Å²) in [5.41, 5.74) is 2.83. The van der Waals surface area contributed by atoms with Crippen LogP contribution in [0.2, 0.25) is 0 Å². The summed E-state index contributed by atoms with van der Waals surface area (Å²) in [7, 11) is 0. The molecule has 0 aliphatic carbocycles. The van der Waals surface area contributed by atoms with Crippen LogP contribution in [0.1, 0.15) is 16.1 Å². The van der Waals surface area contributed by atoms with Crippen LogP contribution in [0.4, 0.5) is 8.78 Å². The van der Waals surface area contributed by atoms with Crippen LogP contribution in [0.15, 0.2) is 54.6 Å². The number of hydrogen-bond acceptors (Lipinski definition) is 1. The highest BCUT2D eigenvalue weighted by Crippen LogP contribution is 2.25. The summed E-state index contributed by atoms with van der Waals surface area (Å²) in [5.74, 6) is -2.09. The number of carbonyl (C=O) groups excluding carboxylic acids is 1. The summed E-state index contributed by atoms with van der Waals surface area (Å²) >= 11 is 0. The molecule has 3 aromatic rings. The SMILES string of the molecule is O=C(c1cc2c(F)c(F)ccc2[nH]1)N1CC=C(c2ccccc2)C1. The number of hydrogen-bond donors (Lipinski definition) is 1. The molecule has 2 aromatic carbocycles. The lowest BCUT2D eigenvalue weighted by Crippen LogP contribution is -2.29. The minimum Gasteiger partial charge on any atom is -0.350 e. The van der Waals surface area contributed by atoms with Crippen molar-refractivity contribution in [2.45, 2.75) is 0 Å². The van der Waals surface area contributed by atoms with Gasteiger partial charge in [0.15, 0.2) is 11.6 Å². The molecule has 1 aliphatic heterocycles. The maximum absolute atomic E-state index is 13.8. The highest BCUT2D eigenvalue weighted by Gasteiger charge is 2.23. The smallest absolute Gasteiger partial charge is 0.270 e.